The van der Waals surface area contributed by atoms with E-state index in [1.165, 1.54) is 23.1 Å². The third kappa shape index (κ3) is 4.41. The molecule has 118 valence electrons. The zero-order valence-corrected chi connectivity index (χ0v) is 12.4. The highest BCUT2D eigenvalue weighted by Gasteiger charge is 2.15. The maximum Gasteiger partial charge on any atom is 0.273 e. The number of nitro groups is 1. The van der Waals surface area contributed by atoms with Crippen molar-refractivity contribution in [3.8, 4) is 5.75 Å². The summed E-state index contributed by atoms with van der Waals surface area (Å²) in [5, 5.41) is 10.7. The number of carbonyl (C=O) groups is 1. The van der Waals surface area contributed by atoms with Gasteiger partial charge in [0.1, 0.15) is 5.75 Å². The predicted molar refractivity (Wildman–Crippen MR) is 87.6 cm³/mol. The predicted octanol–water partition coefficient (Wildman–Crippen LogP) is 3.19. The molecule has 0 aliphatic heterocycles. The lowest BCUT2D eigenvalue weighted by Gasteiger charge is -2.21. The Kier molecular flexibility index (Phi) is 5.46. The van der Waals surface area contributed by atoms with E-state index in [4.69, 9.17) is 4.74 Å². The normalized spacial score (nSPS) is 9.91. The summed E-state index contributed by atoms with van der Waals surface area (Å²) in [6.07, 6.45) is 1.62. The number of benzene rings is 2. The lowest BCUT2D eigenvalue weighted by molar-refractivity contribution is -0.384. The van der Waals surface area contributed by atoms with Gasteiger partial charge < -0.3 is 9.64 Å². The van der Waals surface area contributed by atoms with Gasteiger partial charge in [-0.1, -0.05) is 30.3 Å². The van der Waals surface area contributed by atoms with Gasteiger partial charge in [0.25, 0.3) is 11.6 Å². The zero-order chi connectivity index (χ0) is 16.7. The molecule has 0 aliphatic rings. The standard InChI is InChI=1S/C17H16N2O4/c1-2-11-18(14-7-4-3-5-8-14)17(20)13-23-16-10-6-9-15(12-16)19(21)22/h2-10,12H,1,11,13H2. The maximum atomic E-state index is 12.3. The van der Waals surface area contributed by atoms with Gasteiger partial charge in [0.05, 0.1) is 11.0 Å². The Bertz CT molecular complexity index is 701. The highest BCUT2D eigenvalue weighted by Crippen LogP contribution is 2.19. The summed E-state index contributed by atoms with van der Waals surface area (Å²) < 4.78 is 5.38. The minimum Gasteiger partial charge on any atom is -0.483 e. The molecule has 0 unspecified atom stereocenters. The fourth-order valence-corrected chi connectivity index (χ4v) is 2.00. The van der Waals surface area contributed by atoms with Crippen molar-refractivity contribution in [3.05, 3.63) is 77.4 Å². The summed E-state index contributed by atoms with van der Waals surface area (Å²) in [4.78, 5) is 24.1. The second-order valence-electron chi connectivity index (χ2n) is 4.67. The molecular formula is C17H16N2O4. The summed E-state index contributed by atoms with van der Waals surface area (Å²) in [6, 6.07) is 14.9. The number of nitrogens with zero attached hydrogens (tertiary/aromatic N) is 2. The number of anilines is 1. The largest absolute Gasteiger partial charge is 0.483 e. The first-order valence-electron chi connectivity index (χ1n) is 6.95. The van der Waals surface area contributed by atoms with E-state index >= 15 is 0 Å². The van der Waals surface area contributed by atoms with Gasteiger partial charge in [0.15, 0.2) is 6.61 Å². The maximum absolute atomic E-state index is 12.3. The minimum absolute atomic E-state index is 0.0824. The lowest BCUT2D eigenvalue weighted by atomic mass is 10.3. The van der Waals surface area contributed by atoms with Crippen LogP contribution in [0.4, 0.5) is 11.4 Å². The SMILES string of the molecule is C=CCN(C(=O)COc1cccc([N+](=O)[O-])c1)c1ccccc1. The third-order valence-corrected chi connectivity index (χ3v) is 3.07. The van der Waals surface area contributed by atoms with Crippen molar-refractivity contribution >= 4 is 17.3 Å². The van der Waals surface area contributed by atoms with Gasteiger partial charge in [0, 0.05) is 18.3 Å². The first-order chi connectivity index (χ1) is 11.1. The molecular weight excluding hydrogens is 296 g/mol. The summed E-state index contributed by atoms with van der Waals surface area (Å²) >= 11 is 0. The van der Waals surface area contributed by atoms with Crippen LogP contribution in [0, 0.1) is 10.1 Å². The van der Waals surface area contributed by atoms with Crippen molar-refractivity contribution in [2.24, 2.45) is 0 Å². The molecule has 2 aromatic carbocycles. The van der Waals surface area contributed by atoms with Crippen LogP contribution < -0.4 is 9.64 Å². The number of para-hydroxylation sites is 1. The van der Waals surface area contributed by atoms with Gasteiger partial charge in [-0.15, -0.1) is 6.58 Å². The fourth-order valence-electron chi connectivity index (χ4n) is 2.00. The van der Waals surface area contributed by atoms with Crippen molar-refractivity contribution < 1.29 is 14.5 Å². The number of amides is 1. The highest BCUT2D eigenvalue weighted by molar-refractivity contribution is 5.94. The fraction of sp³-hybridized carbons (Fsp3) is 0.118. The Hall–Kier alpha value is -3.15. The topological polar surface area (TPSA) is 72.7 Å². The van der Waals surface area contributed by atoms with Gasteiger partial charge in [-0.25, -0.2) is 0 Å². The molecule has 0 bridgehead atoms. The van der Waals surface area contributed by atoms with Crippen molar-refractivity contribution in [1.29, 1.82) is 0 Å². The Balaban J connectivity index is 2.06. The van der Waals surface area contributed by atoms with Crippen LogP contribution in [0.15, 0.2) is 67.3 Å². The summed E-state index contributed by atoms with van der Waals surface area (Å²) in [5.74, 6) is 0.0155. The van der Waals surface area contributed by atoms with Crippen molar-refractivity contribution in [2.75, 3.05) is 18.1 Å². The average Bonchev–Trinajstić information content (AvgIpc) is 2.58. The van der Waals surface area contributed by atoms with E-state index in [0.29, 0.717) is 6.54 Å². The molecule has 1 amide bonds. The molecule has 2 rings (SSSR count). The molecule has 0 saturated heterocycles. The minimum atomic E-state index is -0.511. The van der Waals surface area contributed by atoms with Gasteiger partial charge in [0.2, 0.25) is 0 Å². The van der Waals surface area contributed by atoms with Crippen LogP contribution in [0.5, 0.6) is 5.75 Å². The Labute approximate surface area is 133 Å². The molecule has 6 nitrogen and oxygen atoms in total. The van der Waals surface area contributed by atoms with Crippen LogP contribution in [0.1, 0.15) is 0 Å². The van der Waals surface area contributed by atoms with Crippen LogP contribution in [-0.2, 0) is 4.79 Å². The summed E-state index contributed by atoms with van der Waals surface area (Å²) in [5.41, 5.74) is 0.654. The van der Waals surface area contributed by atoms with Crippen LogP contribution in [0.25, 0.3) is 0 Å². The average molecular weight is 312 g/mol. The van der Waals surface area contributed by atoms with E-state index in [-0.39, 0.29) is 24.0 Å². The third-order valence-electron chi connectivity index (χ3n) is 3.07. The number of hydrogen-bond donors (Lipinski definition) is 0. The highest BCUT2D eigenvalue weighted by atomic mass is 16.6. The molecule has 0 aromatic heterocycles. The first-order valence-corrected chi connectivity index (χ1v) is 6.95. The van der Waals surface area contributed by atoms with E-state index in [9.17, 15) is 14.9 Å². The van der Waals surface area contributed by atoms with Crippen molar-refractivity contribution in [3.63, 3.8) is 0 Å². The lowest BCUT2D eigenvalue weighted by Crippen LogP contribution is -2.35. The van der Waals surface area contributed by atoms with E-state index in [0.717, 1.165) is 5.69 Å². The molecule has 6 heteroatoms. The Morgan fingerprint density at radius 1 is 1.22 bits per heavy atom. The van der Waals surface area contributed by atoms with Gasteiger partial charge in [-0.05, 0) is 18.2 Å². The Morgan fingerprint density at radius 2 is 1.96 bits per heavy atom. The molecule has 0 fully saturated rings. The van der Waals surface area contributed by atoms with Crippen LogP contribution >= 0.6 is 0 Å². The molecule has 0 N–H and O–H groups in total. The second kappa shape index (κ2) is 7.74. The molecule has 0 aliphatic carbocycles. The van der Waals surface area contributed by atoms with E-state index < -0.39 is 4.92 Å². The molecule has 0 radical (unpaired) electrons. The quantitative estimate of drug-likeness (QED) is 0.447. The van der Waals surface area contributed by atoms with Gasteiger partial charge in [-0.2, -0.15) is 0 Å². The number of ether oxygens (including phenoxy) is 1. The molecule has 0 heterocycles. The first kappa shape index (κ1) is 16.2. The van der Waals surface area contributed by atoms with Crippen molar-refractivity contribution in [2.45, 2.75) is 0 Å². The Morgan fingerprint density at radius 3 is 2.61 bits per heavy atom. The second-order valence-corrected chi connectivity index (χ2v) is 4.67. The smallest absolute Gasteiger partial charge is 0.273 e. The number of rotatable bonds is 7. The monoisotopic (exact) mass is 312 g/mol. The van der Waals surface area contributed by atoms with Crippen molar-refractivity contribution in [1.82, 2.24) is 0 Å². The van der Waals surface area contributed by atoms with Crippen LogP contribution in [0.2, 0.25) is 0 Å². The van der Waals surface area contributed by atoms with Gasteiger partial charge >= 0.3 is 0 Å². The molecule has 0 spiro atoms. The van der Waals surface area contributed by atoms with Crippen LogP contribution in [0.3, 0.4) is 0 Å². The summed E-state index contributed by atoms with van der Waals surface area (Å²) in [7, 11) is 0. The number of nitro benzene ring substituents is 1. The molecule has 23 heavy (non-hydrogen) atoms. The van der Waals surface area contributed by atoms with E-state index in [1.807, 2.05) is 30.3 Å². The van der Waals surface area contributed by atoms with Gasteiger partial charge in [-0.3, -0.25) is 14.9 Å². The zero-order valence-electron chi connectivity index (χ0n) is 12.4. The van der Waals surface area contributed by atoms with E-state index in [2.05, 4.69) is 6.58 Å². The van der Waals surface area contributed by atoms with Crippen LogP contribution in [-0.4, -0.2) is 24.0 Å². The molecule has 0 atom stereocenters. The number of hydrogen-bond acceptors (Lipinski definition) is 4. The number of non-ortho nitro benzene ring substituents is 1. The summed E-state index contributed by atoms with van der Waals surface area (Å²) in [6.45, 7) is 3.78. The molecule has 0 saturated carbocycles. The number of carbonyl (C=O) groups excluding carboxylic acids is 1. The van der Waals surface area contributed by atoms with E-state index in [1.54, 1.807) is 12.1 Å². The molecule has 2 aromatic rings.